The van der Waals surface area contributed by atoms with E-state index in [9.17, 15) is 4.79 Å². The molecule has 3 aliphatic rings. The molecule has 0 bridgehead atoms. The van der Waals surface area contributed by atoms with Crippen molar-refractivity contribution < 1.29 is 14.4 Å². The van der Waals surface area contributed by atoms with Crippen molar-refractivity contribution in [2.45, 2.75) is 83.0 Å². The van der Waals surface area contributed by atoms with Crippen LogP contribution in [0.15, 0.2) is 18.5 Å². The average Bonchev–Trinajstić information content (AvgIpc) is 2.87. The number of aromatic nitrogens is 2. The summed E-state index contributed by atoms with van der Waals surface area (Å²) in [6, 6.07) is 0.408. The van der Waals surface area contributed by atoms with Gasteiger partial charge >= 0.3 is 0 Å². The van der Waals surface area contributed by atoms with E-state index in [0.29, 0.717) is 18.3 Å². The molecule has 1 unspecified atom stereocenters. The minimum atomic E-state index is -0.357. The Balaban J connectivity index is 1.17. The maximum absolute atomic E-state index is 11.9. The minimum absolute atomic E-state index is 0.344. The largest absolute Gasteiger partial charge is 0.365 e. The lowest BCUT2D eigenvalue weighted by Gasteiger charge is -2.34. The van der Waals surface area contributed by atoms with Gasteiger partial charge in [-0.2, -0.15) is 0 Å². The molecular formula is C25H39N5O3. The fraction of sp³-hybridized carbons (Fsp3) is 0.720. The number of anilines is 1. The summed E-state index contributed by atoms with van der Waals surface area (Å²) >= 11 is 0. The van der Waals surface area contributed by atoms with Crippen LogP contribution in [0.2, 0.25) is 0 Å². The number of piperidine rings is 1. The molecule has 182 valence electrons. The summed E-state index contributed by atoms with van der Waals surface area (Å²) in [5.41, 5.74) is 3.03. The van der Waals surface area contributed by atoms with Crippen molar-refractivity contribution in [3.8, 4) is 0 Å². The van der Waals surface area contributed by atoms with Gasteiger partial charge in [-0.1, -0.05) is 32.1 Å². The van der Waals surface area contributed by atoms with Gasteiger partial charge in [-0.3, -0.25) is 9.78 Å². The zero-order valence-electron chi connectivity index (χ0n) is 19.7. The second kappa shape index (κ2) is 13.0. The number of amides is 1. The fourth-order valence-electron chi connectivity index (χ4n) is 5.05. The lowest BCUT2D eigenvalue weighted by Crippen LogP contribution is -2.43. The first-order valence-corrected chi connectivity index (χ1v) is 12.8. The molecule has 2 N–H and O–H groups in total. The number of hydroxylamine groups is 1. The molecule has 4 rings (SSSR count). The van der Waals surface area contributed by atoms with E-state index in [1.165, 1.54) is 64.1 Å². The fourth-order valence-corrected chi connectivity index (χ4v) is 5.05. The van der Waals surface area contributed by atoms with E-state index in [0.717, 1.165) is 44.0 Å². The summed E-state index contributed by atoms with van der Waals surface area (Å²) in [6.45, 7) is 4.17. The second-order valence-electron chi connectivity index (χ2n) is 9.62. The smallest absolute Gasteiger partial charge is 0.267 e. The van der Waals surface area contributed by atoms with Gasteiger partial charge in [-0.15, -0.1) is 0 Å². The summed E-state index contributed by atoms with van der Waals surface area (Å²) in [4.78, 5) is 28.7. The third-order valence-corrected chi connectivity index (χ3v) is 6.94. The number of nitrogens with zero attached hydrogens (tertiary/aromatic N) is 3. The molecule has 3 heterocycles. The quantitative estimate of drug-likeness (QED) is 0.429. The molecule has 3 fully saturated rings. The van der Waals surface area contributed by atoms with Crippen LogP contribution in [0.3, 0.4) is 0 Å². The van der Waals surface area contributed by atoms with Gasteiger partial charge in [0.1, 0.15) is 5.82 Å². The number of rotatable bonds is 9. The van der Waals surface area contributed by atoms with Crippen LogP contribution in [0, 0.1) is 5.92 Å². The Bertz CT molecular complexity index is 745. The van der Waals surface area contributed by atoms with E-state index < -0.39 is 0 Å². The molecule has 2 saturated heterocycles. The van der Waals surface area contributed by atoms with Gasteiger partial charge in [0.25, 0.3) is 5.91 Å². The van der Waals surface area contributed by atoms with E-state index in [-0.39, 0.29) is 12.2 Å². The Hall–Kier alpha value is -2.03. The third-order valence-electron chi connectivity index (χ3n) is 6.94. The molecule has 1 aromatic heterocycles. The molecule has 8 nitrogen and oxygen atoms in total. The van der Waals surface area contributed by atoms with Gasteiger partial charge in [-0.25, -0.2) is 15.3 Å². The van der Waals surface area contributed by atoms with Crippen LogP contribution >= 0.6 is 0 Å². The highest BCUT2D eigenvalue weighted by Gasteiger charge is 2.22. The van der Waals surface area contributed by atoms with E-state index in [1.807, 2.05) is 0 Å². The van der Waals surface area contributed by atoms with Crippen molar-refractivity contribution in [1.29, 1.82) is 0 Å². The zero-order valence-corrected chi connectivity index (χ0v) is 19.7. The van der Waals surface area contributed by atoms with E-state index in [4.69, 9.17) is 9.57 Å². The molecule has 2 aliphatic heterocycles. The molecule has 2 atom stereocenters. The first-order chi connectivity index (χ1) is 16.2. The van der Waals surface area contributed by atoms with Crippen LogP contribution in [0.1, 0.15) is 76.3 Å². The highest BCUT2D eigenvalue weighted by atomic mass is 16.8. The summed E-state index contributed by atoms with van der Waals surface area (Å²) in [7, 11) is 0. The van der Waals surface area contributed by atoms with Gasteiger partial charge in [0, 0.05) is 31.7 Å². The van der Waals surface area contributed by atoms with E-state index in [2.05, 4.69) is 25.7 Å². The van der Waals surface area contributed by atoms with Crippen molar-refractivity contribution >= 4 is 17.8 Å². The zero-order chi connectivity index (χ0) is 22.7. The molecule has 0 spiro atoms. The van der Waals surface area contributed by atoms with Crippen LogP contribution in [-0.2, 0) is 14.4 Å². The lowest BCUT2D eigenvalue weighted by atomic mass is 9.87. The number of hydrogen-bond donors (Lipinski definition) is 2. The third kappa shape index (κ3) is 8.36. The normalized spacial score (nSPS) is 25.2. The summed E-state index contributed by atoms with van der Waals surface area (Å²) in [5.74, 6) is 1.38. The first-order valence-electron chi connectivity index (χ1n) is 12.8. The average molecular weight is 458 g/mol. The number of carbonyl (C=O) groups excluding carboxylic acids is 1. The molecule has 33 heavy (non-hydrogen) atoms. The highest BCUT2D eigenvalue weighted by Crippen LogP contribution is 2.27. The van der Waals surface area contributed by atoms with Crippen molar-refractivity contribution in [3.63, 3.8) is 0 Å². The van der Waals surface area contributed by atoms with Crippen molar-refractivity contribution in [1.82, 2.24) is 20.3 Å². The molecule has 8 heteroatoms. The van der Waals surface area contributed by atoms with Gasteiger partial charge in [0.15, 0.2) is 6.29 Å². The van der Waals surface area contributed by atoms with E-state index in [1.54, 1.807) is 18.5 Å². The van der Waals surface area contributed by atoms with Crippen molar-refractivity contribution in [3.05, 3.63) is 24.2 Å². The molecule has 0 aromatic carbocycles. The Morgan fingerprint density at radius 2 is 1.97 bits per heavy atom. The molecule has 1 amide bonds. The van der Waals surface area contributed by atoms with E-state index >= 15 is 0 Å². The maximum Gasteiger partial charge on any atom is 0.267 e. The Morgan fingerprint density at radius 1 is 1.09 bits per heavy atom. The number of likely N-dealkylation sites (tertiary alicyclic amines) is 1. The van der Waals surface area contributed by atoms with Gasteiger partial charge in [0.2, 0.25) is 0 Å². The van der Waals surface area contributed by atoms with Crippen LogP contribution in [-0.4, -0.2) is 59.3 Å². The van der Waals surface area contributed by atoms with Crippen LogP contribution < -0.4 is 10.8 Å². The van der Waals surface area contributed by atoms with Gasteiger partial charge < -0.3 is 15.0 Å². The highest BCUT2D eigenvalue weighted by molar-refractivity contribution is 5.90. The topological polar surface area (TPSA) is 88.6 Å². The number of hydrogen-bond acceptors (Lipinski definition) is 7. The summed E-state index contributed by atoms with van der Waals surface area (Å²) in [5, 5.41) is 3.54. The standard InChI is InChI=1S/C25H39N5O3/c31-24(29-33-25-10-4-5-16-32-25)12-11-21-17-27-23(18-26-21)28-22-9-6-14-30(19-22)15-13-20-7-2-1-3-8-20/h11-12,17-18,20,22,25H,1-10,13-16,19H2,(H,27,28)(H,29,31)/t22-,25?/m1/s1. The summed E-state index contributed by atoms with van der Waals surface area (Å²) in [6.07, 6.45) is 19.8. The Labute approximate surface area is 197 Å². The maximum atomic E-state index is 11.9. The van der Waals surface area contributed by atoms with Crippen LogP contribution in [0.4, 0.5) is 5.82 Å². The minimum Gasteiger partial charge on any atom is -0.365 e. The molecule has 1 aliphatic carbocycles. The lowest BCUT2D eigenvalue weighted by molar-refractivity contribution is -0.198. The number of ether oxygens (including phenoxy) is 1. The van der Waals surface area contributed by atoms with Crippen LogP contribution in [0.5, 0.6) is 0 Å². The first kappa shape index (κ1) is 24.1. The molecule has 0 radical (unpaired) electrons. The molecule has 1 aromatic rings. The number of nitrogens with one attached hydrogen (secondary N) is 2. The summed E-state index contributed by atoms with van der Waals surface area (Å²) < 4.78 is 5.42. The van der Waals surface area contributed by atoms with Gasteiger partial charge in [0.05, 0.1) is 18.1 Å². The predicted molar refractivity (Wildman–Crippen MR) is 128 cm³/mol. The predicted octanol–water partition coefficient (Wildman–Crippen LogP) is 3.91. The second-order valence-corrected chi connectivity index (χ2v) is 9.62. The Kier molecular flexibility index (Phi) is 9.50. The SMILES string of the molecule is O=C(C=Cc1cnc(N[C@@H]2CCCN(CCC3CCCCC3)C2)cn1)NOC1CCCCO1. The Morgan fingerprint density at radius 3 is 2.76 bits per heavy atom. The van der Waals surface area contributed by atoms with Crippen molar-refractivity contribution in [2.24, 2.45) is 5.92 Å². The van der Waals surface area contributed by atoms with Gasteiger partial charge in [-0.05, 0) is 57.2 Å². The molecule has 1 saturated carbocycles. The van der Waals surface area contributed by atoms with Crippen molar-refractivity contribution in [2.75, 3.05) is 31.6 Å². The number of carbonyl (C=O) groups is 1. The van der Waals surface area contributed by atoms with Crippen LogP contribution in [0.25, 0.3) is 6.08 Å². The monoisotopic (exact) mass is 457 g/mol. The molecular weight excluding hydrogens is 418 g/mol.